The zero-order valence-electron chi connectivity index (χ0n) is 14.3. The van der Waals surface area contributed by atoms with E-state index in [1.807, 2.05) is 11.4 Å². The van der Waals surface area contributed by atoms with Gasteiger partial charge in [0, 0.05) is 24.0 Å². The van der Waals surface area contributed by atoms with Crippen molar-refractivity contribution in [1.82, 2.24) is 19.8 Å². The first-order chi connectivity index (χ1) is 12.7. The highest BCUT2D eigenvalue weighted by Crippen LogP contribution is 2.17. The van der Waals surface area contributed by atoms with Crippen molar-refractivity contribution >= 4 is 38.8 Å². The first kappa shape index (κ1) is 17.4. The zero-order valence-corrected chi connectivity index (χ0v) is 15.9. The van der Waals surface area contributed by atoms with Gasteiger partial charge in [-0.25, -0.2) is 4.98 Å². The molecule has 3 aromatic heterocycles. The summed E-state index contributed by atoms with van der Waals surface area (Å²) in [5.74, 6) is -0.132. The van der Waals surface area contributed by atoms with Gasteiger partial charge in [-0.1, -0.05) is 6.07 Å². The normalized spacial score (nSPS) is 18.2. The Labute approximate surface area is 159 Å². The molecular weight excluding hydrogens is 368 g/mol. The second-order valence-corrected chi connectivity index (χ2v) is 8.48. The summed E-state index contributed by atoms with van der Waals surface area (Å²) >= 11 is 3.12. The summed E-state index contributed by atoms with van der Waals surface area (Å²) in [5, 5.41) is 7.02. The molecule has 0 saturated carbocycles. The maximum atomic E-state index is 12.4. The van der Waals surface area contributed by atoms with Crippen LogP contribution in [0.25, 0.3) is 10.2 Å². The molecule has 1 amide bonds. The number of carbonyl (C=O) groups excluding carboxylic acids is 1. The smallest absolute Gasteiger partial charge is 0.271 e. The molecule has 0 spiro atoms. The molecule has 0 bridgehead atoms. The van der Waals surface area contributed by atoms with Gasteiger partial charge in [-0.15, -0.1) is 22.7 Å². The number of aromatic nitrogens is 2. The lowest BCUT2D eigenvalue weighted by atomic mass is 10.1. The molecule has 0 aliphatic carbocycles. The number of nitrogens with zero attached hydrogens (tertiary/aromatic N) is 3. The molecule has 0 aromatic carbocycles. The minimum Gasteiger partial charge on any atom is -0.351 e. The Morgan fingerprint density at radius 1 is 1.31 bits per heavy atom. The van der Waals surface area contributed by atoms with Gasteiger partial charge in [-0.2, -0.15) is 0 Å². The number of nitrogens with one attached hydrogen (secondary N) is 1. The van der Waals surface area contributed by atoms with Crippen LogP contribution in [0.4, 0.5) is 0 Å². The van der Waals surface area contributed by atoms with E-state index in [1.54, 1.807) is 11.3 Å². The minimum absolute atomic E-state index is 0.0150. The maximum Gasteiger partial charge on any atom is 0.271 e. The van der Waals surface area contributed by atoms with Crippen molar-refractivity contribution < 1.29 is 4.79 Å². The van der Waals surface area contributed by atoms with E-state index in [1.165, 1.54) is 27.1 Å². The zero-order chi connectivity index (χ0) is 17.9. The van der Waals surface area contributed by atoms with Gasteiger partial charge < -0.3 is 5.32 Å². The highest BCUT2D eigenvalue weighted by Gasteiger charge is 2.22. The molecule has 1 aliphatic heterocycles. The lowest BCUT2D eigenvalue weighted by molar-refractivity contribution is -0.122. The molecule has 1 saturated heterocycles. The van der Waals surface area contributed by atoms with Crippen molar-refractivity contribution in [3.05, 3.63) is 50.5 Å². The second kappa shape index (κ2) is 7.69. The van der Waals surface area contributed by atoms with Gasteiger partial charge in [0.25, 0.3) is 5.56 Å². The van der Waals surface area contributed by atoms with Crippen LogP contribution in [0.5, 0.6) is 0 Å². The van der Waals surface area contributed by atoms with E-state index in [0.29, 0.717) is 10.2 Å². The van der Waals surface area contributed by atoms with Crippen LogP contribution >= 0.6 is 22.7 Å². The Balaban J connectivity index is 1.36. The number of carbonyl (C=O) groups is 1. The summed E-state index contributed by atoms with van der Waals surface area (Å²) in [6, 6.07) is 6.16. The number of piperidine rings is 1. The Bertz CT molecular complexity index is 948. The molecular formula is C18H20N4O2S2. The van der Waals surface area contributed by atoms with Gasteiger partial charge in [0.05, 0.1) is 11.8 Å². The summed E-state index contributed by atoms with van der Waals surface area (Å²) in [4.78, 5) is 32.8. The molecule has 3 aromatic rings. The van der Waals surface area contributed by atoms with Crippen LogP contribution in [-0.2, 0) is 17.9 Å². The van der Waals surface area contributed by atoms with Crippen molar-refractivity contribution in [2.24, 2.45) is 0 Å². The van der Waals surface area contributed by atoms with Gasteiger partial charge in [-0.05, 0) is 42.3 Å². The second-order valence-electron chi connectivity index (χ2n) is 6.53. The number of rotatable bonds is 5. The monoisotopic (exact) mass is 388 g/mol. The van der Waals surface area contributed by atoms with Crippen LogP contribution in [0.1, 0.15) is 17.7 Å². The predicted molar refractivity (Wildman–Crippen MR) is 105 cm³/mol. The van der Waals surface area contributed by atoms with Gasteiger partial charge in [0.2, 0.25) is 5.91 Å². The van der Waals surface area contributed by atoms with E-state index in [2.05, 4.69) is 32.7 Å². The Morgan fingerprint density at radius 2 is 2.23 bits per heavy atom. The standard InChI is InChI=1S/C18H20N4O2S2/c23-16(11-22-12-19-15-5-8-26-17(15)18(22)24)20-13-3-1-6-21(9-13)10-14-4-2-7-25-14/h2,4-5,7-8,12-13H,1,3,6,9-11H2,(H,20,23). The summed E-state index contributed by atoms with van der Waals surface area (Å²) in [6.07, 6.45) is 3.50. The lowest BCUT2D eigenvalue weighted by Gasteiger charge is -2.32. The van der Waals surface area contributed by atoms with E-state index < -0.39 is 0 Å². The topological polar surface area (TPSA) is 67.2 Å². The number of fused-ring (bicyclic) bond motifs is 1. The Morgan fingerprint density at radius 3 is 3.08 bits per heavy atom. The van der Waals surface area contributed by atoms with Crippen LogP contribution in [0, 0.1) is 0 Å². The van der Waals surface area contributed by atoms with Gasteiger partial charge >= 0.3 is 0 Å². The Kier molecular flexibility index (Phi) is 5.14. The number of hydrogen-bond donors (Lipinski definition) is 1. The molecule has 6 nitrogen and oxygen atoms in total. The van der Waals surface area contributed by atoms with Crippen LogP contribution < -0.4 is 10.9 Å². The number of likely N-dealkylation sites (tertiary alicyclic amines) is 1. The molecule has 0 radical (unpaired) electrons. The largest absolute Gasteiger partial charge is 0.351 e. The quantitative estimate of drug-likeness (QED) is 0.728. The average Bonchev–Trinajstić information content (AvgIpc) is 3.29. The number of thiophene rings is 2. The molecule has 136 valence electrons. The van der Waals surface area contributed by atoms with Crippen LogP contribution in [0.15, 0.2) is 40.1 Å². The molecule has 1 unspecified atom stereocenters. The molecule has 8 heteroatoms. The predicted octanol–water partition coefficient (Wildman–Crippen LogP) is 2.30. The summed E-state index contributed by atoms with van der Waals surface area (Å²) in [6.45, 7) is 2.85. The van der Waals surface area contributed by atoms with E-state index >= 15 is 0 Å². The van der Waals surface area contributed by atoms with Crippen molar-refractivity contribution in [3.63, 3.8) is 0 Å². The Hall–Kier alpha value is -2.03. The summed E-state index contributed by atoms with van der Waals surface area (Å²) in [7, 11) is 0. The summed E-state index contributed by atoms with van der Waals surface area (Å²) in [5.41, 5.74) is 0.538. The first-order valence-electron chi connectivity index (χ1n) is 8.66. The van der Waals surface area contributed by atoms with E-state index in [4.69, 9.17) is 0 Å². The molecule has 1 fully saturated rings. The molecule has 4 rings (SSSR count). The molecule has 4 heterocycles. The fourth-order valence-corrected chi connectivity index (χ4v) is 4.90. The first-order valence-corrected chi connectivity index (χ1v) is 10.4. The SMILES string of the molecule is O=C(Cn1cnc2ccsc2c1=O)NC1CCCN(Cc2cccs2)C1. The third-order valence-electron chi connectivity index (χ3n) is 4.58. The third kappa shape index (κ3) is 3.87. The molecule has 1 aliphatic rings. The maximum absolute atomic E-state index is 12.4. The van der Waals surface area contributed by atoms with Crippen molar-refractivity contribution in [2.75, 3.05) is 13.1 Å². The van der Waals surface area contributed by atoms with Crippen LogP contribution in [0.2, 0.25) is 0 Å². The van der Waals surface area contributed by atoms with E-state index in [0.717, 1.165) is 32.5 Å². The number of amides is 1. The fourth-order valence-electron chi connectivity index (χ4n) is 3.36. The molecule has 1 atom stereocenters. The highest BCUT2D eigenvalue weighted by molar-refractivity contribution is 7.17. The van der Waals surface area contributed by atoms with E-state index in [-0.39, 0.29) is 24.1 Å². The summed E-state index contributed by atoms with van der Waals surface area (Å²) < 4.78 is 1.99. The van der Waals surface area contributed by atoms with Gasteiger partial charge in [0.1, 0.15) is 11.2 Å². The molecule has 1 N–H and O–H groups in total. The van der Waals surface area contributed by atoms with Crippen molar-refractivity contribution in [1.29, 1.82) is 0 Å². The van der Waals surface area contributed by atoms with Crippen molar-refractivity contribution in [2.45, 2.75) is 32.0 Å². The van der Waals surface area contributed by atoms with Gasteiger partial charge in [-0.3, -0.25) is 19.1 Å². The minimum atomic E-state index is -0.150. The molecule has 26 heavy (non-hydrogen) atoms. The van der Waals surface area contributed by atoms with Crippen LogP contribution in [0.3, 0.4) is 0 Å². The van der Waals surface area contributed by atoms with Gasteiger partial charge in [0.15, 0.2) is 0 Å². The third-order valence-corrected chi connectivity index (χ3v) is 6.33. The van der Waals surface area contributed by atoms with Crippen molar-refractivity contribution in [3.8, 4) is 0 Å². The van der Waals surface area contributed by atoms with Crippen LogP contribution in [-0.4, -0.2) is 39.5 Å². The van der Waals surface area contributed by atoms with E-state index in [9.17, 15) is 9.59 Å². The number of hydrogen-bond acceptors (Lipinski definition) is 6. The lowest BCUT2D eigenvalue weighted by Crippen LogP contribution is -2.48. The fraction of sp³-hybridized carbons (Fsp3) is 0.389. The highest BCUT2D eigenvalue weighted by atomic mass is 32.1. The average molecular weight is 389 g/mol.